The third-order valence-corrected chi connectivity index (χ3v) is 3.31. The molecule has 0 bridgehead atoms. The second-order valence-corrected chi connectivity index (χ2v) is 5.22. The van der Waals surface area contributed by atoms with Gasteiger partial charge in [0.1, 0.15) is 17.4 Å². The summed E-state index contributed by atoms with van der Waals surface area (Å²) < 4.78 is 5.58. The quantitative estimate of drug-likeness (QED) is 0.452. The Bertz CT molecular complexity index is 541. The number of unbranched alkanes of at least 4 members (excludes halogenated alkanes) is 1. The first-order valence-electron chi connectivity index (χ1n) is 7.76. The molecule has 1 atom stereocenters. The topological polar surface area (TPSA) is 62.1 Å². The summed E-state index contributed by atoms with van der Waals surface area (Å²) in [4.78, 5) is 12.0. The number of rotatable bonds is 8. The van der Waals surface area contributed by atoms with Gasteiger partial charge in [-0.15, -0.1) is 0 Å². The molecule has 0 saturated heterocycles. The average Bonchev–Trinajstić information content (AvgIpc) is 2.53. The van der Waals surface area contributed by atoms with E-state index >= 15 is 0 Å². The number of nitriles is 1. The van der Waals surface area contributed by atoms with E-state index in [1.165, 1.54) is 0 Å². The van der Waals surface area contributed by atoms with Crippen LogP contribution in [0.1, 0.15) is 45.6 Å². The van der Waals surface area contributed by atoms with Crippen LogP contribution in [-0.4, -0.2) is 18.6 Å². The van der Waals surface area contributed by atoms with E-state index in [2.05, 4.69) is 12.2 Å². The van der Waals surface area contributed by atoms with Crippen molar-refractivity contribution in [3.8, 4) is 11.8 Å². The van der Waals surface area contributed by atoms with Crippen LogP contribution < -0.4 is 10.1 Å². The highest BCUT2D eigenvalue weighted by Gasteiger charge is 2.11. The molecule has 0 fully saturated rings. The van der Waals surface area contributed by atoms with Crippen LogP contribution in [-0.2, 0) is 4.79 Å². The van der Waals surface area contributed by atoms with E-state index in [1.807, 2.05) is 44.2 Å². The molecule has 0 aliphatic carbocycles. The van der Waals surface area contributed by atoms with Crippen molar-refractivity contribution >= 4 is 12.0 Å². The molecule has 0 spiro atoms. The first-order chi connectivity index (χ1) is 10.6. The lowest BCUT2D eigenvalue weighted by Gasteiger charge is -2.10. The van der Waals surface area contributed by atoms with Gasteiger partial charge in [0.25, 0.3) is 5.91 Å². The van der Waals surface area contributed by atoms with Gasteiger partial charge in [-0.25, -0.2) is 0 Å². The summed E-state index contributed by atoms with van der Waals surface area (Å²) in [6, 6.07) is 9.39. The Kier molecular flexibility index (Phi) is 7.77. The number of ether oxygens (including phenoxy) is 1. The molecule has 0 saturated carbocycles. The number of carbonyl (C=O) groups excluding carboxylic acids is 1. The van der Waals surface area contributed by atoms with Crippen molar-refractivity contribution in [3.63, 3.8) is 0 Å². The fourth-order valence-corrected chi connectivity index (χ4v) is 1.71. The Labute approximate surface area is 132 Å². The summed E-state index contributed by atoms with van der Waals surface area (Å²) in [5, 5.41) is 11.9. The molecule has 0 aliphatic rings. The molecule has 1 N–H and O–H groups in total. The summed E-state index contributed by atoms with van der Waals surface area (Å²) in [6.45, 7) is 6.71. The monoisotopic (exact) mass is 300 g/mol. The van der Waals surface area contributed by atoms with E-state index in [0.717, 1.165) is 30.6 Å². The average molecular weight is 300 g/mol. The van der Waals surface area contributed by atoms with Crippen LogP contribution in [0.15, 0.2) is 29.8 Å². The molecule has 0 radical (unpaired) electrons. The van der Waals surface area contributed by atoms with Crippen molar-refractivity contribution in [1.29, 1.82) is 5.26 Å². The van der Waals surface area contributed by atoms with Gasteiger partial charge in [-0.05, 0) is 43.5 Å². The fourth-order valence-electron chi connectivity index (χ4n) is 1.71. The highest BCUT2D eigenvalue weighted by molar-refractivity contribution is 6.01. The molecular weight excluding hydrogens is 276 g/mol. The Morgan fingerprint density at radius 1 is 1.36 bits per heavy atom. The van der Waals surface area contributed by atoms with E-state index in [9.17, 15) is 4.79 Å². The van der Waals surface area contributed by atoms with Crippen LogP contribution in [0.25, 0.3) is 6.08 Å². The van der Waals surface area contributed by atoms with Crippen molar-refractivity contribution in [1.82, 2.24) is 5.32 Å². The molecular formula is C18H24N2O2. The van der Waals surface area contributed by atoms with Gasteiger partial charge in [0.2, 0.25) is 0 Å². The van der Waals surface area contributed by atoms with Crippen LogP contribution in [0, 0.1) is 11.3 Å². The van der Waals surface area contributed by atoms with Crippen molar-refractivity contribution in [2.45, 2.75) is 46.1 Å². The molecule has 22 heavy (non-hydrogen) atoms. The predicted octanol–water partition coefficient (Wildman–Crippen LogP) is 3.69. The van der Waals surface area contributed by atoms with Gasteiger partial charge in [0.05, 0.1) is 6.61 Å². The maximum absolute atomic E-state index is 12.0. The smallest absolute Gasteiger partial charge is 0.262 e. The van der Waals surface area contributed by atoms with Gasteiger partial charge in [-0.2, -0.15) is 5.26 Å². The predicted molar refractivity (Wildman–Crippen MR) is 88.3 cm³/mol. The molecule has 1 rings (SSSR count). The van der Waals surface area contributed by atoms with Crippen molar-refractivity contribution in [2.75, 3.05) is 6.61 Å². The van der Waals surface area contributed by atoms with E-state index < -0.39 is 0 Å². The Balaban J connectivity index is 2.73. The van der Waals surface area contributed by atoms with Crippen molar-refractivity contribution in [2.24, 2.45) is 0 Å². The fraction of sp³-hybridized carbons (Fsp3) is 0.444. The van der Waals surface area contributed by atoms with Gasteiger partial charge in [-0.3, -0.25) is 4.79 Å². The Morgan fingerprint density at radius 3 is 2.59 bits per heavy atom. The van der Waals surface area contributed by atoms with E-state index in [-0.39, 0.29) is 17.5 Å². The molecule has 1 unspecified atom stereocenters. The lowest BCUT2D eigenvalue weighted by atomic mass is 10.1. The summed E-state index contributed by atoms with van der Waals surface area (Å²) in [7, 11) is 0. The highest BCUT2D eigenvalue weighted by Crippen LogP contribution is 2.15. The zero-order valence-electron chi connectivity index (χ0n) is 13.6. The largest absolute Gasteiger partial charge is 0.494 e. The SMILES string of the molecule is CCCCOc1ccc(/C=C(\C#N)C(=O)NC(C)CC)cc1. The number of carbonyl (C=O) groups is 1. The number of hydrogen-bond donors (Lipinski definition) is 1. The molecule has 0 heterocycles. The molecule has 4 nitrogen and oxygen atoms in total. The van der Waals surface area contributed by atoms with Gasteiger partial charge in [-0.1, -0.05) is 32.4 Å². The number of benzene rings is 1. The summed E-state index contributed by atoms with van der Waals surface area (Å²) >= 11 is 0. The lowest BCUT2D eigenvalue weighted by Crippen LogP contribution is -2.32. The summed E-state index contributed by atoms with van der Waals surface area (Å²) in [6.07, 6.45) is 4.54. The van der Waals surface area contributed by atoms with Gasteiger partial charge in [0, 0.05) is 6.04 Å². The molecule has 1 amide bonds. The number of nitrogens with zero attached hydrogens (tertiary/aromatic N) is 1. The van der Waals surface area contributed by atoms with Crippen molar-refractivity contribution in [3.05, 3.63) is 35.4 Å². The van der Waals surface area contributed by atoms with E-state index in [1.54, 1.807) is 6.08 Å². The molecule has 1 aromatic carbocycles. The van der Waals surface area contributed by atoms with Crippen molar-refractivity contribution < 1.29 is 9.53 Å². The van der Waals surface area contributed by atoms with E-state index in [4.69, 9.17) is 10.00 Å². The zero-order valence-corrected chi connectivity index (χ0v) is 13.6. The number of amides is 1. The molecule has 1 aromatic rings. The first-order valence-corrected chi connectivity index (χ1v) is 7.76. The minimum absolute atomic E-state index is 0.0543. The van der Waals surface area contributed by atoms with Crippen LogP contribution in [0.3, 0.4) is 0 Å². The molecule has 0 aliphatic heterocycles. The standard InChI is InChI=1S/C18H24N2O2/c1-4-6-11-22-17-9-7-15(8-10-17)12-16(13-19)18(21)20-14(3)5-2/h7-10,12,14H,4-6,11H2,1-3H3,(H,20,21)/b16-12+. The third-order valence-electron chi connectivity index (χ3n) is 3.31. The normalized spacial score (nSPS) is 12.4. The molecule has 4 heteroatoms. The van der Waals surface area contributed by atoms with Gasteiger partial charge >= 0.3 is 0 Å². The van der Waals surface area contributed by atoms with Crippen LogP contribution >= 0.6 is 0 Å². The minimum atomic E-state index is -0.333. The van der Waals surface area contributed by atoms with Crippen LogP contribution in [0.5, 0.6) is 5.75 Å². The second-order valence-electron chi connectivity index (χ2n) is 5.22. The summed E-state index contributed by atoms with van der Waals surface area (Å²) in [5.41, 5.74) is 0.915. The third kappa shape index (κ3) is 6.01. The first kappa shape index (κ1) is 17.8. The zero-order chi connectivity index (χ0) is 16.4. The van der Waals surface area contributed by atoms with Crippen LogP contribution in [0.2, 0.25) is 0 Å². The lowest BCUT2D eigenvalue weighted by molar-refractivity contribution is -0.117. The Morgan fingerprint density at radius 2 is 2.05 bits per heavy atom. The summed E-state index contributed by atoms with van der Waals surface area (Å²) in [5.74, 6) is 0.466. The number of hydrogen-bond acceptors (Lipinski definition) is 3. The Hall–Kier alpha value is -2.28. The molecule has 0 aromatic heterocycles. The van der Waals surface area contributed by atoms with Crippen LogP contribution in [0.4, 0.5) is 0 Å². The maximum atomic E-state index is 12.0. The minimum Gasteiger partial charge on any atom is -0.494 e. The second kappa shape index (κ2) is 9.62. The highest BCUT2D eigenvalue weighted by atomic mass is 16.5. The van der Waals surface area contributed by atoms with Gasteiger partial charge < -0.3 is 10.1 Å². The molecule has 118 valence electrons. The van der Waals surface area contributed by atoms with Gasteiger partial charge in [0.15, 0.2) is 0 Å². The number of nitrogens with one attached hydrogen (secondary N) is 1. The maximum Gasteiger partial charge on any atom is 0.262 e. The van der Waals surface area contributed by atoms with E-state index in [0.29, 0.717) is 6.61 Å².